The van der Waals surface area contributed by atoms with Gasteiger partial charge in [-0.3, -0.25) is 4.79 Å². The number of hydrogen-bond acceptors (Lipinski definition) is 4. The fourth-order valence-electron chi connectivity index (χ4n) is 3.81. The van der Waals surface area contributed by atoms with Crippen molar-refractivity contribution >= 4 is 43.4 Å². The van der Waals surface area contributed by atoms with Gasteiger partial charge in [0.15, 0.2) is 0 Å². The van der Waals surface area contributed by atoms with Crippen molar-refractivity contribution in [2.24, 2.45) is 4.40 Å². The average molecular weight is 476 g/mol. The van der Waals surface area contributed by atoms with Crippen LogP contribution in [-0.2, 0) is 10.0 Å². The number of fused-ring (bicyclic) bond motifs is 3. The van der Waals surface area contributed by atoms with E-state index in [-0.39, 0.29) is 16.8 Å². The Bertz CT molecular complexity index is 1100. The molecular formula is C21H22BrN3O3S. The van der Waals surface area contributed by atoms with Gasteiger partial charge < -0.3 is 10.2 Å². The van der Waals surface area contributed by atoms with Gasteiger partial charge in [-0.1, -0.05) is 40.5 Å². The third kappa shape index (κ3) is 3.96. The molecule has 0 saturated carbocycles. The predicted molar refractivity (Wildman–Crippen MR) is 117 cm³/mol. The fourth-order valence-corrected chi connectivity index (χ4v) is 5.72. The van der Waals surface area contributed by atoms with E-state index in [4.69, 9.17) is 0 Å². The van der Waals surface area contributed by atoms with Crippen LogP contribution in [0.3, 0.4) is 0 Å². The zero-order valence-corrected chi connectivity index (χ0v) is 18.5. The number of hydrogen-bond donors (Lipinski definition) is 1. The Hall–Kier alpha value is -2.19. The number of benzene rings is 2. The Morgan fingerprint density at radius 1 is 1.17 bits per heavy atom. The molecule has 0 spiro atoms. The van der Waals surface area contributed by atoms with Crippen molar-refractivity contribution in [2.45, 2.75) is 43.5 Å². The molecule has 0 aliphatic carbocycles. The quantitative estimate of drug-likeness (QED) is 0.712. The molecule has 2 aliphatic heterocycles. The van der Waals surface area contributed by atoms with Crippen molar-refractivity contribution in [3.63, 3.8) is 0 Å². The summed E-state index contributed by atoms with van der Waals surface area (Å²) in [5.74, 6) is 0.284. The molecular weight excluding hydrogens is 454 g/mol. The van der Waals surface area contributed by atoms with Crippen molar-refractivity contribution < 1.29 is 13.2 Å². The zero-order valence-electron chi connectivity index (χ0n) is 16.1. The van der Waals surface area contributed by atoms with E-state index in [1.807, 2.05) is 36.1 Å². The molecule has 1 amide bonds. The van der Waals surface area contributed by atoms with Gasteiger partial charge >= 0.3 is 0 Å². The number of amidine groups is 1. The van der Waals surface area contributed by atoms with Gasteiger partial charge in [-0.05, 0) is 49.6 Å². The summed E-state index contributed by atoms with van der Waals surface area (Å²) in [5.41, 5.74) is 1.87. The average Bonchev–Trinajstić information content (AvgIpc) is 2.92. The van der Waals surface area contributed by atoms with Gasteiger partial charge in [0, 0.05) is 23.0 Å². The van der Waals surface area contributed by atoms with Crippen LogP contribution >= 0.6 is 15.9 Å². The lowest BCUT2D eigenvalue weighted by molar-refractivity contribution is 0.0939. The standard InChI is InChI=1S/C21H22BrN3O3S/c1-14(16-7-4-5-8-17(16)22)23-21(26)15-10-11-18-19(13-15)29(27,28)24-20-9-3-2-6-12-25(18)20/h4-5,7-8,10-11,13-14H,2-3,6,9,12H2,1H3,(H,23,26). The first-order chi connectivity index (χ1) is 13.9. The number of carbonyl (C=O) groups excluding carboxylic acids is 1. The molecule has 2 aromatic rings. The van der Waals surface area contributed by atoms with Gasteiger partial charge in [0.25, 0.3) is 15.9 Å². The van der Waals surface area contributed by atoms with Gasteiger partial charge in [0.1, 0.15) is 10.7 Å². The molecule has 1 atom stereocenters. The lowest BCUT2D eigenvalue weighted by Crippen LogP contribution is -2.35. The summed E-state index contributed by atoms with van der Waals surface area (Å²) >= 11 is 3.50. The molecule has 6 nitrogen and oxygen atoms in total. The first-order valence-electron chi connectivity index (χ1n) is 9.67. The Kier molecular flexibility index (Phi) is 5.48. The van der Waals surface area contributed by atoms with Crippen LogP contribution in [0.5, 0.6) is 0 Å². The Balaban J connectivity index is 1.64. The maximum Gasteiger partial charge on any atom is 0.286 e. The molecule has 0 aromatic heterocycles. The van der Waals surface area contributed by atoms with Gasteiger partial charge in [-0.25, -0.2) is 0 Å². The van der Waals surface area contributed by atoms with Gasteiger partial charge in [-0.15, -0.1) is 4.40 Å². The normalized spacial score (nSPS) is 18.7. The predicted octanol–water partition coefficient (Wildman–Crippen LogP) is 4.42. The summed E-state index contributed by atoms with van der Waals surface area (Å²) in [4.78, 5) is 14.9. The molecule has 2 heterocycles. The van der Waals surface area contributed by atoms with E-state index >= 15 is 0 Å². The van der Waals surface area contributed by atoms with E-state index in [1.54, 1.807) is 12.1 Å². The van der Waals surface area contributed by atoms with E-state index in [1.165, 1.54) is 6.07 Å². The van der Waals surface area contributed by atoms with Gasteiger partial charge in [0.2, 0.25) is 0 Å². The highest BCUT2D eigenvalue weighted by molar-refractivity contribution is 9.10. The second-order valence-electron chi connectivity index (χ2n) is 7.34. The van der Waals surface area contributed by atoms with Crippen LogP contribution in [0, 0.1) is 0 Å². The highest BCUT2D eigenvalue weighted by Gasteiger charge is 2.32. The van der Waals surface area contributed by atoms with Gasteiger partial charge in [0.05, 0.1) is 11.7 Å². The third-order valence-electron chi connectivity index (χ3n) is 5.33. The van der Waals surface area contributed by atoms with E-state index in [9.17, 15) is 13.2 Å². The summed E-state index contributed by atoms with van der Waals surface area (Å²) in [6.45, 7) is 2.63. The molecule has 8 heteroatoms. The fraction of sp³-hybridized carbons (Fsp3) is 0.333. The summed E-state index contributed by atoms with van der Waals surface area (Å²) in [6.07, 6.45) is 3.64. The number of rotatable bonds is 3. The minimum Gasteiger partial charge on any atom is -0.345 e. The largest absolute Gasteiger partial charge is 0.345 e. The lowest BCUT2D eigenvalue weighted by Gasteiger charge is -2.29. The van der Waals surface area contributed by atoms with Crippen LogP contribution in [0.25, 0.3) is 0 Å². The topological polar surface area (TPSA) is 78.8 Å². The van der Waals surface area contributed by atoms with E-state index in [2.05, 4.69) is 25.6 Å². The van der Waals surface area contributed by atoms with Gasteiger partial charge in [-0.2, -0.15) is 8.42 Å². The minimum absolute atomic E-state index is 0.101. The number of amides is 1. The SMILES string of the molecule is CC(NC(=O)c1ccc2c(c1)S(=O)(=O)N=C1CCCCCN12)c1ccccc1Br. The molecule has 0 radical (unpaired) electrons. The summed E-state index contributed by atoms with van der Waals surface area (Å²) in [5, 5.41) is 2.94. The molecule has 0 bridgehead atoms. The molecule has 2 aromatic carbocycles. The first-order valence-corrected chi connectivity index (χ1v) is 11.9. The molecule has 1 fully saturated rings. The number of halogens is 1. The molecule has 1 N–H and O–H groups in total. The molecule has 2 aliphatic rings. The minimum atomic E-state index is -3.81. The van der Waals surface area contributed by atoms with Crippen molar-refractivity contribution in [2.75, 3.05) is 11.4 Å². The number of sulfonamides is 1. The van der Waals surface area contributed by atoms with Crippen molar-refractivity contribution in [1.82, 2.24) is 5.32 Å². The smallest absolute Gasteiger partial charge is 0.286 e. The highest BCUT2D eigenvalue weighted by Crippen LogP contribution is 2.35. The van der Waals surface area contributed by atoms with E-state index in [0.29, 0.717) is 23.5 Å². The maximum atomic E-state index is 12.8. The van der Waals surface area contributed by atoms with Crippen LogP contribution in [0.15, 0.2) is 56.2 Å². The lowest BCUT2D eigenvalue weighted by atomic mass is 10.1. The van der Waals surface area contributed by atoms with Crippen molar-refractivity contribution in [1.29, 1.82) is 0 Å². The second-order valence-corrected chi connectivity index (χ2v) is 9.77. The maximum absolute atomic E-state index is 12.8. The monoisotopic (exact) mass is 475 g/mol. The zero-order chi connectivity index (χ0) is 20.6. The molecule has 152 valence electrons. The Morgan fingerprint density at radius 3 is 2.76 bits per heavy atom. The van der Waals surface area contributed by atoms with E-state index < -0.39 is 10.0 Å². The van der Waals surface area contributed by atoms with Crippen molar-refractivity contribution in [3.8, 4) is 0 Å². The number of nitrogens with one attached hydrogen (secondary N) is 1. The first kappa shape index (κ1) is 20.1. The van der Waals surface area contributed by atoms with Crippen LogP contribution in [0.1, 0.15) is 54.6 Å². The van der Waals surface area contributed by atoms with Crippen LogP contribution < -0.4 is 10.2 Å². The van der Waals surface area contributed by atoms with Crippen molar-refractivity contribution in [3.05, 3.63) is 58.1 Å². The Labute approximate surface area is 179 Å². The number of anilines is 1. The summed E-state index contributed by atoms with van der Waals surface area (Å²) < 4.78 is 30.4. The molecule has 1 unspecified atom stereocenters. The van der Waals surface area contributed by atoms with Crippen LogP contribution in [0.4, 0.5) is 5.69 Å². The Morgan fingerprint density at radius 2 is 1.97 bits per heavy atom. The molecule has 29 heavy (non-hydrogen) atoms. The molecule has 4 rings (SSSR count). The number of carbonyl (C=O) groups is 1. The van der Waals surface area contributed by atoms with E-state index in [0.717, 1.165) is 35.8 Å². The molecule has 1 saturated heterocycles. The third-order valence-corrected chi connectivity index (χ3v) is 7.39. The second kappa shape index (κ2) is 7.91. The van der Waals surface area contributed by atoms with Crippen LogP contribution in [-0.4, -0.2) is 26.7 Å². The number of nitrogens with zero attached hydrogens (tertiary/aromatic N) is 2. The highest BCUT2D eigenvalue weighted by atomic mass is 79.9. The summed E-state index contributed by atoms with van der Waals surface area (Å²) in [7, 11) is -3.81. The summed E-state index contributed by atoms with van der Waals surface area (Å²) in [6, 6.07) is 12.3. The van der Waals surface area contributed by atoms with Crippen LogP contribution in [0.2, 0.25) is 0 Å².